The summed E-state index contributed by atoms with van der Waals surface area (Å²) in [6.45, 7) is 7.79. The third-order valence-corrected chi connectivity index (χ3v) is 3.07. The van der Waals surface area contributed by atoms with Crippen LogP contribution in [-0.2, 0) is 4.74 Å². The summed E-state index contributed by atoms with van der Waals surface area (Å²) in [6, 6.07) is 0.809. The molecule has 0 aromatic carbocycles. The Bertz CT molecular complexity index is 281. The smallest absolute Gasteiger partial charge is 0.407 e. The van der Waals surface area contributed by atoms with Crippen molar-refractivity contribution in [3.63, 3.8) is 0 Å². The summed E-state index contributed by atoms with van der Waals surface area (Å²) in [6.07, 6.45) is 2.86. The first kappa shape index (κ1) is 16.2. The Balaban J connectivity index is 2.02. The van der Waals surface area contributed by atoms with Crippen LogP contribution >= 0.6 is 0 Å². The van der Waals surface area contributed by atoms with Gasteiger partial charge in [0.25, 0.3) is 0 Å². The molecular weight excluding hydrogens is 242 g/mol. The Morgan fingerprint density at radius 2 is 1.89 bits per heavy atom. The predicted octanol–water partition coefficient (Wildman–Crippen LogP) is 1.58. The van der Waals surface area contributed by atoms with Gasteiger partial charge in [0.15, 0.2) is 0 Å². The van der Waals surface area contributed by atoms with Gasteiger partial charge in [-0.3, -0.25) is 0 Å². The molecule has 0 aromatic heterocycles. The summed E-state index contributed by atoms with van der Waals surface area (Å²) >= 11 is 0. The fourth-order valence-electron chi connectivity index (χ4n) is 2.08. The molecule has 0 unspecified atom stereocenters. The van der Waals surface area contributed by atoms with Gasteiger partial charge in [0, 0.05) is 12.1 Å². The van der Waals surface area contributed by atoms with Gasteiger partial charge in [0.1, 0.15) is 5.60 Å². The molecule has 0 atom stereocenters. The molecular formula is C14H29N3O2. The van der Waals surface area contributed by atoms with Gasteiger partial charge >= 0.3 is 6.09 Å². The Morgan fingerprint density at radius 3 is 2.42 bits per heavy atom. The minimum atomic E-state index is -0.419. The number of amides is 1. The molecule has 0 spiro atoms. The Hall–Kier alpha value is -0.810. The number of alkyl carbamates (subject to hydrolysis) is 1. The standard InChI is InChI=1S/C14H29N3O2/c1-14(2,3)19-13(18)16-12-9-11(10-12)15-7-6-8-17(4)5/h11-12,15H,6-10H2,1-5H3,(H,16,18). The van der Waals surface area contributed by atoms with E-state index >= 15 is 0 Å². The zero-order chi connectivity index (χ0) is 14.5. The molecule has 1 amide bonds. The summed E-state index contributed by atoms with van der Waals surface area (Å²) in [5.41, 5.74) is -0.419. The van der Waals surface area contributed by atoms with E-state index in [1.165, 1.54) is 0 Å². The molecule has 1 rings (SSSR count). The Labute approximate surface area is 117 Å². The molecule has 5 nitrogen and oxygen atoms in total. The fraction of sp³-hybridized carbons (Fsp3) is 0.929. The molecule has 0 aliphatic heterocycles. The van der Waals surface area contributed by atoms with Crippen molar-refractivity contribution in [1.29, 1.82) is 0 Å². The summed E-state index contributed by atoms with van der Waals surface area (Å²) < 4.78 is 5.23. The molecule has 5 heteroatoms. The highest BCUT2D eigenvalue weighted by atomic mass is 16.6. The van der Waals surface area contributed by atoms with Crippen LogP contribution in [0.1, 0.15) is 40.0 Å². The van der Waals surface area contributed by atoms with Gasteiger partial charge in [-0.1, -0.05) is 0 Å². The second kappa shape index (κ2) is 7.10. The first-order chi connectivity index (χ1) is 8.76. The van der Waals surface area contributed by atoms with Gasteiger partial charge < -0.3 is 20.3 Å². The van der Waals surface area contributed by atoms with Crippen LogP contribution in [0.15, 0.2) is 0 Å². The molecule has 1 fully saturated rings. The van der Waals surface area contributed by atoms with Crippen LogP contribution in [0.4, 0.5) is 4.79 Å². The summed E-state index contributed by atoms with van der Waals surface area (Å²) in [5.74, 6) is 0. The third-order valence-electron chi connectivity index (χ3n) is 3.07. The van der Waals surface area contributed by atoms with Crippen molar-refractivity contribution in [1.82, 2.24) is 15.5 Å². The Kier molecular flexibility index (Phi) is 6.07. The van der Waals surface area contributed by atoms with E-state index in [0.717, 1.165) is 32.4 Å². The average Bonchev–Trinajstić information content (AvgIpc) is 2.16. The maximum atomic E-state index is 11.5. The second-order valence-corrected chi connectivity index (χ2v) is 6.62. The highest BCUT2D eigenvalue weighted by molar-refractivity contribution is 5.68. The van der Waals surface area contributed by atoms with E-state index in [2.05, 4.69) is 29.6 Å². The number of hydrogen-bond acceptors (Lipinski definition) is 4. The van der Waals surface area contributed by atoms with Crippen molar-refractivity contribution in [2.75, 3.05) is 27.2 Å². The third kappa shape index (κ3) is 7.38. The molecule has 0 bridgehead atoms. The number of ether oxygens (including phenoxy) is 1. The lowest BCUT2D eigenvalue weighted by atomic mass is 9.87. The molecule has 112 valence electrons. The van der Waals surface area contributed by atoms with E-state index in [-0.39, 0.29) is 12.1 Å². The van der Waals surface area contributed by atoms with E-state index in [0.29, 0.717) is 6.04 Å². The van der Waals surface area contributed by atoms with Crippen molar-refractivity contribution in [2.45, 2.75) is 57.7 Å². The molecule has 0 radical (unpaired) electrons. The average molecular weight is 271 g/mol. The van der Waals surface area contributed by atoms with Crippen LogP contribution < -0.4 is 10.6 Å². The van der Waals surface area contributed by atoms with E-state index in [1.807, 2.05) is 20.8 Å². The number of nitrogens with one attached hydrogen (secondary N) is 2. The number of hydrogen-bond donors (Lipinski definition) is 2. The van der Waals surface area contributed by atoms with Crippen LogP contribution in [0.3, 0.4) is 0 Å². The normalized spacial score (nSPS) is 23.1. The van der Waals surface area contributed by atoms with E-state index in [1.54, 1.807) is 0 Å². The number of carbonyl (C=O) groups is 1. The van der Waals surface area contributed by atoms with Gasteiger partial charge in [-0.2, -0.15) is 0 Å². The summed E-state index contributed by atoms with van der Waals surface area (Å²) in [5, 5.41) is 6.41. The maximum absolute atomic E-state index is 11.5. The zero-order valence-electron chi connectivity index (χ0n) is 13.0. The molecule has 0 saturated heterocycles. The van der Waals surface area contributed by atoms with Crippen molar-refractivity contribution >= 4 is 6.09 Å². The maximum Gasteiger partial charge on any atom is 0.407 e. The minimum Gasteiger partial charge on any atom is -0.444 e. The topological polar surface area (TPSA) is 53.6 Å². The largest absolute Gasteiger partial charge is 0.444 e. The predicted molar refractivity (Wildman–Crippen MR) is 77.4 cm³/mol. The second-order valence-electron chi connectivity index (χ2n) is 6.62. The quantitative estimate of drug-likeness (QED) is 0.720. The minimum absolute atomic E-state index is 0.265. The molecule has 2 N–H and O–H groups in total. The summed E-state index contributed by atoms with van der Waals surface area (Å²) in [7, 11) is 4.17. The highest BCUT2D eigenvalue weighted by Gasteiger charge is 2.30. The van der Waals surface area contributed by atoms with Crippen LogP contribution in [0.2, 0.25) is 0 Å². The monoisotopic (exact) mass is 271 g/mol. The SMILES string of the molecule is CN(C)CCCNC1CC(NC(=O)OC(C)(C)C)C1. The fourth-order valence-corrected chi connectivity index (χ4v) is 2.08. The lowest BCUT2D eigenvalue weighted by Crippen LogP contribution is -2.53. The molecule has 19 heavy (non-hydrogen) atoms. The van der Waals surface area contributed by atoms with E-state index in [9.17, 15) is 4.79 Å². The first-order valence-corrected chi connectivity index (χ1v) is 7.14. The van der Waals surface area contributed by atoms with Crippen molar-refractivity contribution in [3.8, 4) is 0 Å². The van der Waals surface area contributed by atoms with Gasteiger partial charge in [-0.15, -0.1) is 0 Å². The summed E-state index contributed by atoms with van der Waals surface area (Å²) in [4.78, 5) is 13.7. The number of rotatable bonds is 6. The van der Waals surface area contributed by atoms with Gasteiger partial charge in [0.05, 0.1) is 0 Å². The van der Waals surface area contributed by atoms with Crippen LogP contribution in [0.25, 0.3) is 0 Å². The van der Waals surface area contributed by atoms with Crippen LogP contribution in [0, 0.1) is 0 Å². The number of nitrogens with zero attached hydrogens (tertiary/aromatic N) is 1. The number of carbonyl (C=O) groups excluding carboxylic acids is 1. The molecule has 0 aromatic rings. The van der Waals surface area contributed by atoms with Crippen molar-refractivity contribution in [2.24, 2.45) is 0 Å². The zero-order valence-corrected chi connectivity index (χ0v) is 13.0. The highest BCUT2D eigenvalue weighted by Crippen LogP contribution is 2.20. The van der Waals surface area contributed by atoms with Gasteiger partial charge in [0.2, 0.25) is 0 Å². The molecule has 1 saturated carbocycles. The van der Waals surface area contributed by atoms with Crippen LogP contribution in [0.5, 0.6) is 0 Å². The lowest BCUT2D eigenvalue weighted by Gasteiger charge is -2.36. The molecule has 0 heterocycles. The Morgan fingerprint density at radius 1 is 1.26 bits per heavy atom. The van der Waals surface area contributed by atoms with Crippen molar-refractivity contribution < 1.29 is 9.53 Å². The first-order valence-electron chi connectivity index (χ1n) is 7.14. The van der Waals surface area contributed by atoms with Crippen molar-refractivity contribution in [3.05, 3.63) is 0 Å². The lowest BCUT2D eigenvalue weighted by molar-refractivity contribution is 0.0465. The van der Waals surface area contributed by atoms with Gasteiger partial charge in [-0.25, -0.2) is 4.79 Å². The van der Waals surface area contributed by atoms with Gasteiger partial charge in [-0.05, 0) is 67.2 Å². The van der Waals surface area contributed by atoms with E-state index < -0.39 is 5.60 Å². The molecule has 1 aliphatic carbocycles. The van der Waals surface area contributed by atoms with Crippen LogP contribution in [-0.4, -0.2) is 55.9 Å². The molecule has 1 aliphatic rings. The van der Waals surface area contributed by atoms with E-state index in [4.69, 9.17) is 4.74 Å².